The minimum Gasteiger partial charge on any atom is -0.462 e. The summed E-state index contributed by atoms with van der Waals surface area (Å²) < 4.78 is 33.1. The molecule has 0 saturated heterocycles. The summed E-state index contributed by atoms with van der Waals surface area (Å²) in [6.07, 6.45) is 8.06. The highest BCUT2D eigenvalue weighted by atomic mass is 31.2. The molecule has 0 bridgehead atoms. The van der Waals surface area contributed by atoms with E-state index in [1.165, 1.54) is 57.4 Å². The summed E-state index contributed by atoms with van der Waals surface area (Å²) in [5, 5.41) is 49.8. The fourth-order valence-electron chi connectivity index (χ4n) is 5.92. The predicted molar refractivity (Wildman–Crippen MR) is 194 cm³/mol. The van der Waals surface area contributed by atoms with Crippen molar-refractivity contribution in [3.63, 3.8) is 0 Å². The van der Waals surface area contributed by atoms with Crippen LogP contribution in [0.15, 0.2) is 12.2 Å². The van der Waals surface area contributed by atoms with Gasteiger partial charge in [-0.1, -0.05) is 103 Å². The fraction of sp³-hybridized carbons (Fsp3) is 0.838. The van der Waals surface area contributed by atoms with Crippen molar-refractivity contribution in [2.45, 2.75) is 184 Å². The van der Waals surface area contributed by atoms with Gasteiger partial charge < -0.3 is 39.9 Å². The van der Waals surface area contributed by atoms with Crippen molar-refractivity contribution < 1.29 is 72.7 Å². The highest BCUT2D eigenvalue weighted by Gasteiger charge is 2.51. The van der Waals surface area contributed by atoms with Crippen molar-refractivity contribution in [2.75, 3.05) is 13.2 Å². The minimum atomic E-state index is -5.15. The molecule has 8 atom stereocenters. The number of carbonyl (C=O) groups is 4. The van der Waals surface area contributed by atoms with Gasteiger partial charge in [0.1, 0.15) is 49.5 Å². The van der Waals surface area contributed by atoms with Gasteiger partial charge >= 0.3 is 19.8 Å². The third-order valence-corrected chi connectivity index (χ3v) is 10.1. The summed E-state index contributed by atoms with van der Waals surface area (Å²) in [7, 11) is -5.15. The Balaban J connectivity index is 2.54. The van der Waals surface area contributed by atoms with Gasteiger partial charge in [-0.05, 0) is 31.4 Å². The van der Waals surface area contributed by atoms with E-state index in [9.17, 15) is 54.2 Å². The number of aliphatic hydroxyl groups is 5. The molecule has 0 heterocycles. The Labute approximate surface area is 314 Å². The maximum absolute atomic E-state index is 12.7. The molecule has 16 heteroatoms. The first-order valence-corrected chi connectivity index (χ1v) is 20.9. The molecule has 6 N–H and O–H groups in total. The molecule has 0 aromatic rings. The number of unbranched alkanes of at least 4 members (excludes halogenated alkanes) is 16. The number of hydrogen-bond acceptors (Lipinski definition) is 14. The normalized spacial score (nSPS) is 23.4. The van der Waals surface area contributed by atoms with Crippen molar-refractivity contribution >= 4 is 31.8 Å². The molecular formula is C37H65O15P. The van der Waals surface area contributed by atoms with Crippen LogP contribution in [0.25, 0.3) is 0 Å². The lowest BCUT2D eigenvalue weighted by Crippen LogP contribution is -2.64. The Hall–Kier alpha value is -2.07. The SMILES string of the molecule is CCCCCCCCCCCCCCCC(=O)OC[C@H](COP(=O)(O)OC1C(O)C(O)C(O)[C@@H](O)C1O)OC(=O)CCCCCCCC(=O)/C=C/C=O. The Morgan fingerprint density at radius 2 is 1.06 bits per heavy atom. The molecule has 53 heavy (non-hydrogen) atoms. The average Bonchev–Trinajstić information content (AvgIpc) is 3.13. The summed E-state index contributed by atoms with van der Waals surface area (Å²) in [6, 6.07) is 0. The summed E-state index contributed by atoms with van der Waals surface area (Å²) in [4.78, 5) is 57.2. The van der Waals surface area contributed by atoms with Crippen LogP contribution in [0, 0.1) is 0 Å². The quantitative estimate of drug-likeness (QED) is 0.0183. The number of esters is 2. The van der Waals surface area contributed by atoms with Crippen LogP contribution in [0.4, 0.5) is 0 Å². The minimum absolute atomic E-state index is 0.0176. The molecule has 1 saturated carbocycles. The third kappa shape index (κ3) is 22.8. The third-order valence-electron chi connectivity index (χ3n) is 9.13. The Kier molecular flexibility index (Phi) is 27.0. The van der Waals surface area contributed by atoms with Crippen LogP contribution < -0.4 is 0 Å². The van der Waals surface area contributed by atoms with Gasteiger partial charge in [-0.15, -0.1) is 0 Å². The van der Waals surface area contributed by atoms with Crippen LogP contribution in [0.5, 0.6) is 0 Å². The molecule has 0 aromatic heterocycles. The molecule has 0 aliphatic heterocycles. The Morgan fingerprint density at radius 1 is 0.623 bits per heavy atom. The van der Waals surface area contributed by atoms with E-state index in [1.54, 1.807) is 0 Å². The molecule has 0 radical (unpaired) electrons. The van der Waals surface area contributed by atoms with Crippen LogP contribution in [0.1, 0.15) is 142 Å². The molecule has 0 spiro atoms. The Bertz CT molecular complexity index is 1090. The predicted octanol–water partition coefficient (Wildman–Crippen LogP) is 4.30. The van der Waals surface area contributed by atoms with Crippen LogP contribution >= 0.6 is 7.82 Å². The number of ketones is 1. The number of hydrogen-bond donors (Lipinski definition) is 6. The van der Waals surface area contributed by atoms with E-state index in [1.807, 2.05) is 0 Å². The summed E-state index contributed by atoms with van der Waals surface area (Å²) in [6.45, 7) is 0.935. The first kappa shape index (κ1) is 48.9. The second-order valence-electron chi connectivity index (χ2n) is 13.8. The van der Waals surface area contributed by atoms with Crippen LogP contribution in [0.3, 0.4) is 0 Å². The lowest BCUT2D eigenvalue weighted by Gasteiger charge is -2.41. The highest BCUT2D eigenvalue weighted by molar-refractivity contribution is 7.47. The van der Waals surface area contributed by atoms with Gasteiger partial charge in [0.2, 0.25) is 0 Å². The maximum Gasteiger partial charge on any atom is 0.472 e. The highest BCUT2D eigenvalue weighted by Crippen LogP contribution is 2.47. The number of aliphatic hydroxyl groups excluding tert-OH is 5. The van der Waals surface area contributed by atoms with E-state index < -0.39 is 75.7 Å². The number of phosphoric acid groups is 1. The number of phosphoric ester groups is 1. The van der Waals surface area contributed by atoms with Crippen molar-refractivity contribution in [1.29, 1.82) is 0 Å². The lowest BCUT2D eigenvalue weighted by atomic mass is 9.85. The molecule has 0 aromatic carbocycles. The summed E-state index contributed by atoms with van der Waals surface area (Å²) >= 11 is 0. The largest absolute Gasteiger partial charge is 0.472 e. The Morgan fingerprint density at radius 3 is 1.55 bits per heavy atom. The average molecular weight is 781 g/mol. The van der Waals surface area contributed by atoms with Crippen LogP contribution in [-0.4, -0.2) is 110 Å². The molecule has 15 nitrogen and oxygen atoms in total. The van der Waals surface area contributed by atoms with Crippen molar-refractivity contribution in [3.8, 4) is 0 Å². The van der Waals surface area contributed by atoms with Crippen molar-refractivity contribution in [3.05, 3.63) is 12.2 Å². The molecule has 6 unspecified atom stereocenters. The number of aldehydes is 1. The van der Waals surface area contributed by atoms with Gasteiger partial charge in [-0.25, -0.2) is 4.57 Å². The first-order chi connectivity index (χ1) is 25.3. The molecular weight excluding hydrogens is 715 g/mol. The van der Waals surface area contributed by atoms with Gasteiger partial charge in [-0.3, -0.25) is 28.2 Å². The number of carbonyl (C=O) groups excluding carboxylic acids is 4. The molecule has 1 aliphatic rings. The number of allylic oxidation sites excluding steroid dienone is 2. The van der Waals surface area contributed by atoms with E-state index in [0.29, 0.717) is 38.4 Å². The molecule has 0 amide bonds. The van der Waals surface area contributed by atoms with Gasteiger partial charge in [-0.2, -0.15) is 0 Å². The van der Waals surface area contributed by atoms with E-state index in [4.69, 9.17) is 18.5 Å². The topological polar surface area (TPSA) is 244 Å². The molecule has 1 aliphatic carbocycles. The second-order valence-corrected chi connectivity index (χ2v) is 15.2. The monoisotopic (exact) mass is 780 g/mol. The van der Waals surface area contributed by atoms with Crippen molar-refractivity contribution in [2.24, 2.45) is 0 Å². The van der Waals surface area contributed by atoms with E-state index >= 15 is 0 Å². The van der Waals surface area contributed by atoms with E-state index in [-0.39, 0.29) is 18.6 Å². The van der Waals surface area contributed by atoms with Crippen LogP contribution in [0.2, 0.25) is 0 Å². The van der Waals surface area contributed by atoms with Gasteiger partial charge in [0.15, 0.2) is 11.9 Å². The zero-order chi connectivity index (χ0) is 39.5. The van der Waals surface area contributed by atoms with Crippen molar-refractivity contribution in [1.82, 2.24) is 0 Å². The summed E-state index contributed by atoms with van der Waals surface area (Å²) in [5.74, 6) is -1.38. The smallest absolute Gasteiger partial charge is 0.462 e. The molecule has 1 rings (SSSR count). The van der Waals surface area contributed by atoms with Gasteiger partial charge in [0, 0.05) is 19.3 Å². The van der Waals surface area contributed by atoms with Gasteiger partial charge in [0.05, 0.1) is 6.61 Å². The molecule has 1 fully saturated rings. The lowest BCUT2D eigenvalue weighted by molar-refractivity contribution is -0.220. The number of ether oxygens (including phenoxy) is 2. The summed E-state index contributed by atoms with van der Waals surface area (Å²) in [5.41, 5.74) is 0. The molecule has 308 valence electrons. The standard InChI is InChI=1S/C37H65O15P/c1-2-3-4-5-6-7-8-9-10-11-12-15-18-23-30(40)49-26-29(51-31(41)24-19-16-13-14-17-21-28(39)22-20-25-38)27-50-53(47,48)52-37-35(45)33(43)32(42)34(44)36(37)46/h20,22,25,29,32-37,42-46H,2-19,21,23-24,26-27H2,1H3,(H,47,48)/b22-20+/t29-,32?,33-,34?,35?,36?,37?/m1/s1. The number of rotatable bonds is 32. The van der Waals surface area contributed by atoms with Gasteiger partial charge in [0.25, 0.3) is 0 Å². The first-order valence-electron chi connectivity index (χ1n) is 19.4. The second kappa shape index (κ2) is 29.2. The van der Waals surface area contributed by atoms with E-state index in [0.717, 1.165) is 44.6 Å². The fourth-order valence-corrected chi connectivity index (χ4v) is 6.89. The zero-order valence-corrected chi connectivity index (χ0v) is 32.2. The van der Waals surface area contributed by atoms with Crippen LogP contribution in [-0.2, 0) is 42.3 Å². The zero-order valence-electron chi connectivity index (χ0n) is 31.3. The van der Waals surface area contributed by atoms with E-state index in [2.05, 4.69) is 6.92 Å². The maximum atomic E-state index is 12.7.